The Bertz CT molecular complexity index is 791. The molecule has 0 aliphatic heterocycles. The largest absolute Gasteiger partial charge is 0.366 e. The lowest BCUT2D eigenvalue weighted by Crippen LogP contribution is -2.02. The van der Waals surface area contributed by atoms with Crippen LogP contribution in [-0.2, 0) is 0 Å². The molecule has 1 heterocycles. The predicted octanol–water partition coefficient (Wildman–Crippen LogP) is 3.07. The van der Waals surface area contributed by atoms with Gasteiger partial charge in [0.2, 0.25) is 5.95 Å². The molecule has 0 aliphatic carbocycles. The maximum Gasteiger partial charge on any atom is 0.240 e. The van der Waals surface area contributed by atoms with E-state index < -0.39 is 11.6 Å². The van der Waals surface area contributed by atoms with E-state index >= 15 is 0 Å². The number of aromatic nitrogens is 3. The summed E-state index contributed by atoms with van der Waals surface area (Å²) in [5, 5.41) is 7.66. The Morgan fingerprint density at radius 3 is 2.24 bits per heavy atom. The Hall–Kier alpha value is -2.89. The molecule has 104 valence electrons. The predicted molar refractivity (Wildman–Crippen MR) is 75.0 cm³/mol. The van der Waals surface area contributed by atoms with Gasteiger partial charge in [0.05, 0.1) is 0 Å². The quantitative estimate of drug-likeness (QED) is 0.785. The molecule has 0 spiro atoms. The Morgan fingerprint density at radius 1 is 0.762 bits per heavy atom. The number of halogens is 2. The van der Waals surface area contributed by atoms with Gasteiger partial charge in [-0.3, -0.25) is 0 Å². The maximum absolute atomic E-state index is 13.4. The second-order valence-electron chi connectivity index (χ2n) is 4.36. The van der Waals surface area contributed by atoms with Crippen molar-refractivity contribution < 1.29 is 8.78 Å². The highest BCUT2D eigenvalue weighted by atomic mass is 19.2. The SMILES string of the molecule is Nc1nnc(-c2ccc(F)c(F)c2)c(-c2ccccc2)n1. The van der Waals surface area contributed by atoms with Crippen LogP contribution in [0.1, 0.15) is 0 Å². The summed E-state index contributed by atoms with van der Waals surface area (Å²) in [6, 6.07) is 12.7. The zero-order valence-electron chi connectivity index (χ0n) is 10.8. The monoisotopic (exact) mass is 284 g/mol. The first-order valence-corrected chi connectivity index (χ1v) is 6.16. The van der Waals surface area contributed by atoms with Gasteiger partial charge in [0.15, 0.2) is 11.6 Å². The summed E-state index contributed by atoms with van der Waals surface area (Å²) in [6.07, 6.45) is 0. The minimum atomic E-state index is -0.954. The first-order valence-electron chi connectivity index (χ1n) is 6.16. The summed E-state index contributed by atoms with van der Waals surface area (Å²) in [5.74, 6) is -1.86. The molecule has 0 saturated heterocycles. The van der Waals surface area contributed by atoms with E-state index in [0.717, 1.165) is 17.7 Å². The molecule has 0 bridgehead atoms. The van der Waals surface area contributed by atoms with Crippen LogP contribution in [0.2, 0.25) is 0 Å². The molecule has 21 heavy (non-hydrogen) atoms. The number of nitrogens with two attached hydrogens (primary N) is 1. The standard InChI is InChI=1S/C15H10F2N4/c16-11-7-6-10(8-12(11)17)14-13(19-15(18)21-20-14)9-4-2-1-3-5-9/h1-8H,(H2,18,19,21). The third kappa shape index (κ3) is 2.55. The highest BCUT2D eigenvalue weighted by Gasteiger charge is 2.14. The fourth-order valence-corrected chi connectivity index (χ4v) is 1.97. The maximum atomic E-state index is 13.4. The summed E-state index contributed by atoms with van der Waals surface area (Å²) >= 11 is 0. The van der Waals surface area contributed by atoms with E-state index in [9.17, 15) is 8.78 Å². The molecule has 0 unspecified atom stereocenters. The summed E-state index contributed by atoms with van der Waals surface area (Å²) in [7, 11) is 0. The average molecular weight is 284 g/mol. The third-order valence-corrected chi connectivity index (χ3v) is 2.94. The van der Waals surface area contributed by atoms with Crippen LogP contribution in [0.5, 0.6) is 0 Å². The van der Waals surface area contributed by atoms with Crippen molar-refractivity contribution in [2.45, 2.75) is 0 Å². The Balaban J connectivity index is 2.21. The number of nitrogens with zero attached hydrogens (tertiary/aromatic N) is 3. The van der Waals surface area contributed by atoms with Crippen molar-refractivity contribution in [3.63, 3.8) is 0 Å². The van der Waals surface area contributed by atoms with Gasteiger partial charge < -0.3 is 5.73 Å². The molecule has 0 amide bonds. The van der Waals surface area contributed by atoms with E-state index in [4.69, 9.17) is 5.73 Å². The fourth-order valence-electron chi connectivity index (χ4n) is 1.97. The molecule has 3 rings (SSSR count). The number of hydrogen-bond donors (Lipinski definition) is 1. The minimum Gasteiger partial charge on any atom is -0.366 e. The second kappa shape index (κ2) is 5.24. The van der Waals surface area contributed by atoms with Crippen LogP contribution in [0.4, 0.5) is 14.7 Å². The number of nitrogen functional groups attached to an aromatic ring is 1. The van der Waals surface area contributed by atoms with Crippen molar-refractivity contribution in [2.24, 2.45) is 0 Å². The van der Waals surface area contributed by atoms with Crippen LogP contribution in [0.3, 0.4) is 0 Å². The lowest BCUT2D eigenvalue weighted by molar-refractivity contribution is 0.509. The van der Waals surface area contributed by atoms with Crippen molar-refractivity contribution in [2.75, 3.05) is 5.73 Å². The van der Waals surface area contributed by atoms with Gasteiger partial charge in [-0.05, 0) is 18.2 Å². The summed E-state index contributed by atoms with van der Waals surface area (Å²) in [6.45, 7) is 0. The lowest BCUT2D eigenvalue weighted by atomic mass is 10.0. The van der Waals surface area contributed by atoms with E-state index in [1.54, 1.807) is 0 Å². The second-order valence-corrected chi connectivity index (χ2v) is 4.36. The van der Waals surface area contributed by atoms with Gasteiger partial charge in [-0.1, -0.05) is 30.3 Å². The van der Waals surface area contributed by atoms with Crippen molar-refractivity contribution in [3.05, 3.63) is 60.2 Å². The molecular formula is C15H10F2N4. The molecule has 4 nitrogen and oxygen atoms in total. The Labute approximate surface area is 119 Å². The molecule has 6 heteroatoms. The van der Waals surface area contributed by atoms with E-state index in [1.807, 2.05) is 30.3 Å². The highest BCUT2D eigenvalue weighted by Crippen LogP contribution is 2.29. The van der Waals surface area contributed by atoms with Gasteiger partial charge in [0.1, 0.15) is 11.4 Å². The lowest BCUT2D eigenvalue weighted by Gasteiger charge is -2.08. The zero-order valence-corrected chi connectivity index (χ0v) is 10.8. The van der Waals surface area contributed by atoms with Crippen LogP contribution in [0, 0.1) is 11.6 Å². The molecule has 2 N–H and O–H groups in total. The molecule has 1 aromatic heterocycles. The number of rotatable bonds is 2. The average Bonchev–Trinajstić information content (AvgIpc) is 2.51. The van der Waals surface area contributed by atoms with Crippen LogP contribution >= 0.6 is 0 Å². The topological polar surface area (TPSA) is 64.7 Å². The summed E-state index contributed by atoms with van der Waals surface area (Å²) in [4.78, 5) is 4.16. The van der Waals surface area contributed by atoms with Gasteiger partial charge in [-0.15, -0.1) is 10.2 Å². The molecule has 0 saturated carbocycles. The van der Waals surface area contributed by atoms with E-state index in [2.05, 4.69) is 15.2 Å². The minimum absolute atomic E-state index is 0.0141. The van der Waals surface area contributed by atoms with Crippen LogP contribution in [0.15, 0.2) is 48.5 Å². The number of benzene rings is 2. The first kappa shape index (κ1) is 13.1. The third-order valence-electron chi connectivity index (χ3n) is 2.94. The van der Waals surface area contributed by atoms with Crippen molar-refractivity contribution in [1.82, 2.24) is 15.2 Å². The zero-order chi connectivity index (χ0) is 14.8. The van der Waals surface area contributed by atoms with Gasteiger partial charge in [-0.25, -0.2) is 13.8 Å². The Kier molecular flexibility index (Phi) is 3.27. The summed E-state index contributed by atoms with van der Waals surface area (Å²) < 4.78 is 26.5. The molecule has 0 radical (unpaired) electrons. The van der Waals surface area contributed by atoms with E-state index in [0.29, 0.717) is 17.0 Å². The van der Waals surface area contributed by atoms with Crippen LogP contribution in [-0.4, -0.2) is 15.2 Å². The van der Waals surface area contributed by atoms with Gasteiger partial charge in [0, 0.05) is 11.1 Å². The summed E-state index contributed by atoms with van der Waals surface area (Å²) in [5.41, 5.74) is 7.53. The van der Waals surface area contributed by atoms with Crippen molar-refractivity contribution in [1.29, 1.82) is 0 Å². The van der Waals surface area contributed by atoms with Crippen LogP contribution in [0.25, 0.3) is 22.5 Å². The molecule has 3 aromatic rings. The normalized spacial score (nSPS) is 10.6. The van der Waals surface area contributed by atoms with E-state index in [-0.39, 0.29) is 5.95 Å². The molecular weight excluding hydrogens is 274 g/mol. The van der Waals surface area contributed by atoms with Gasteiger partial charge in [-0.2, -0.15) is 0 Å². The number of anilines is 1. The molecule has 0 fully saturated rings. The number of hydrogen-bond acceptors (Lipinski definition) is 4. The molecule has 0 atom stereocenters. The smallest absolute Gasteiger partial charge is 0.240 e. The van der Waals surface area contributed by atoms with E-state index in [1.165, 1.54) is 6.07 Å². The highest BCUT2D eigenvalue weighted by molar-refractivity contribution is 5.77. The first-order chi connectivity index (χ1) is 10.1. The molecule has 0 aliphatic rings. The Morgan fingerprint density at radius 2 is 1.52 bits per heavy atom. The fraction of sp³-hybridized carbons (Fsp3) is 0. The van der Waals surface area contributed by atoms with Gasteiger partial charge in [0.25, 0.3) is 0 Å². The molecule has 2 aromatic carbocycles. The van der Waals surface area contributed by atoms with Crippen LogP contribution < -0.4 is 5.73 Å². The van der Waals surface area contributed by atoms with Crippen molar-refractivity contribution in [3.8, 4) is 22.5 Å². The van der Waals surface area contributed by atoms with Gasteiger partial charge >= 0.3 is 0 Å². The van der Waals surface area contributed by atoms with Crippen molar-refractivity contribution >= 4 is 5.95 Å².